The minimum atomic E-state index is -3.73. The standard InChI is InChI=1S/C22H19ClFN3O3S2/c1-2-11-27-19-8-3-16(23)14-20(19)31-22(27)25-21(28)15-9-12-26(13-10-15)32(29,30)18-6-4-17(24)5-7-18/h1,3-8,14-15H,9-13H2. The average molecular weight is 492 g/mol. The number of carbonyl (C=O) groups excluding carboxylic acids is 1. The topological polar surface area (TPSA) is 71.7 Å². The van der Waals surface area contributed by atoms with Gasteiger partial charge in [-0.2, -0.15) is 9.30 Å². The summed E-state index contributed by atoms with van der Waals surface area (Å²) in [4.78, 5) is 17.7. The van der Waals surface area contributed by atoms with E-state index in [1.807, 2.05) is 6.07 Å². The molecule has 1 aliphatic rings. The van der Waals surface area contributed by atoms with E-state index in [9.17, 15) is 17.6 Å². The monoisotopic (exact) mass is 491 g/mol. The number of sulfonamides is 1. The average Bonchev–Trinajstić information content (AvgIpc) is 3.10. The Balaban J connectivity index is 1.53. The fourth-order valence-electron chi connectivity index (χ4n) is 3.66. The number of fused-ring (bicyclic) bond motifs is 1. The van der Waals surface area contributed by atoms with Crippen LogP contribution in [-0.4, -0.2) is 36.3 Å². The third kappa shape index (κ3) is 4.50. The van der Waals surface area contributed by atoms with Gasteiger partial charge in [0.2, 0.25) is 10.0 Å². The fourth-order valence-corrected chi connectivity index (χ4v) is 6.44. The first kappa shape index (κ1) is 22.7. The first-order valence-electron chi connectivity index (χ1n) is 9.86. The predicted molar refractivity (Wildman–Crippen MR) is 122 cm³/mol. The molecule has 166 valence electrons. The van der Waals surface area contributed by atoms with Gasteiger partial charge in [-0.15, -0.1) is 6.42 Å². The summed E-state index contributed by atoms with van der Waals surface area (Å²) in [7, 11) is -3.73. The molecule has 1 fully saturated rings. The number of hydrogen-bond acceptors (Lipinski definition) is 4. The van der Waals surface area contributed by atoms with Crippen molar-refractivity contribution in [2.24, 2.45) is 10.9 Å². The van der Waals surface area contributed by atoms with E-state index in [0.717, 1.165) is 22.3 Å². The van der Waals surface area contributed by atoms with Crippen molar-refractivity contribution >= 4 is 49.1 Å². The van der Waals surface area contributed by atoms with Gasteiger partial charge >= 0.3 is 0 Å². The molecule has 0 saturated carbocycles. The molecule has 2 aromatic carbocycles. The summed E-state index contributed by atoms with van der Waals surface area (Å²) in [5, 5.41) is 0.583. The van der Waals surface area contributed by atoms with E-state index in [-0.39, 0.29) is 36.4 Å². The molecule has 1 amide bonds. The second-order valence-electron chi connectivity index (χ2n) is 7.37. The van der Waals surface area contributed by atoms with E-state index in [1.54, 1.807) is 16.7 Å². The number of aromatic nitrogens is 1. The molecule has 32 heavy (non-hydrogen) atoms. The lowest BCUT2D eigenvalue weighted by molar-refractivity contribution is -0.122. The van der Waals surface area contributed by atoms with Crippen LogP contribution in [0.25, 0.3) is 10.2 Å². The first-order valence-corrected chi connectivity index (χ1v) is 12.5. The third-order valence-corrected chi connectivity index (χ3v) is 8.54. The van der Waals surface area contributed by atoms with Gasteiger partial charge < -0.3 is 4.57 Å². The van der Waals surface area contributed by atoms with Crippen molar-refractivity contribution in [3.8, 4) is 12.3 Å². The number of piperidine rings is 1. The normalized spacial score (nSPS) is 16.3. The van der Waals surface area contributed by atoms with Gasteiger partial charge in [-0.05, 0) is 55.3 Å². The first-order chi connectivity index (χ1) is 15.3. The summed E-state index contributed by atoms with van der Waals surface area (Å²) >= 11 is 7.41. The number of thiazole rings is 1. The number of terminal acetylenes is 1. The zero-order chi connectivity index (χ0) is 22.9. The van der Waals surface area contributed by atoms with Gasteiger partial charge in [0.05, 0.1) is 21.7 Å². The van der Waals surface area contributed by atoms with Crippen molar-refractivity contribution in [3.05, 3.63) is 58.1 Å². The van der Waals surface area contributed by atoms with Gasteiger partial charge in [0.1, 0.15) is 5.82 Å². The Morgan fingerprint density at radius 2 is 1.91 bits per heavy atom. The number of amides is 1. The molecule has 1 aliphatic heterocycles. The molecule has 0 bridgehead atoms. The molecule has 2 heterocycles. The van der Waals surface area contributed by atoms with Crippen molar-refractivity contribution in [1.29, 1.82) is 0 Å². The highest BCUT2D eigenvalue weighted by atomic mass is 35.5. The van der Waals surface area contributed by atoms with Gasteiger partial charge in [-0.1, -0.05) is 28.9 Å². The van der Waals surface area contributed by atoms with Crippen molar-refractivity contribution < 1.29 is 17.6 Å². The van der Waals surface area contributed by atoms with Crippen LogP contribution in [0.3, 0.4) is 0 Å². The van der Waals surface area contributed by atoms with Crippen molar-refractivity contribution in [2.75, 3.05) is 13.1 Å². The van der Waals surface area contributed by atoms with Crippen molar-refractivity contribution in [3.63, 3.8) is 0 Å². The van der Waals surface area contributed by atoms with E-state index < -0.39 is 15.8 Å². The highest BCUT2D eigenvalue weighted by Crippen LogP contribution is 2.25. The number of nitrogens with zero attached hydrogens (tertiary/aromatic N) is 3. The largest absolute Gasteiger partial charge is 0.305 e. The zero-order valence-electron chi connectivity index (χ0n) is 16.9. The van der Waals surface area contributed by atoms with Crippen LogP contribution in [0.15, 0.2) is 52.4 Å². The van der Waals surface area contributed by atoms with Crippen molar-refractivity contribution in [1.82, 2.24) is 8.87 Å². The number of benzene rings is 2. The molecular weight excluding hydrogens is 473 g/mol. The number of carbonyl (C=O) groups is 1. The highest BCUT2D eigenvalue weighted by molar-refractivity contribution is 7.89. The van der Waals surface area contributed by atoms with Crippen LogP contribution in [0.1, 0.15) is 12.8 Å². The SMILES string of the molecule is C#CCn1c(=NC(=O)C2CCN(S(=O)(=O)c3ccc(F)cc3)CC2)sc2cc(Cl)ccc21. The van der Waals surface area contributed by atoms with E-state index in [4.69, 9.17) is 18.0 Å². The maximum Gasteiger partial charge on any atom is 0.251 e. The molecular formula is C22H19ClFN3O3S2. The van der Waals surface area contributed by atoms with Crippen LogP contribution >= 0.6 is 22.9 Å². The van der Waals surface area contributed by atoms with Gasteiger partial charge in [0.15, 0.2) is 4.80 Å². The summed E-state index contributed by atoms with van der Waals surface area (Å²) in [5.74, 6) is 1.40. The number of hydrogen-bond donors (Lipinski definition) is 0. The maximum atomic E-state index is 13.1. The molecule has 3 aromatic rings. The summed E-state index contributed by atoms with van der Waals surface area (Å²) in [6.45, 7) is 0.651. The molecule has 0 aliphatic carbocycles. The summed E-state index contributed by atoms with van der Waals surface area (Å²) in [6, 6.07) is 10.1. The summed E-state index contributed by atoms with van der Waals surface area (Å²) in [5.41, 5.74) is 0.851. The molecule has 0 atom stereocenters. The molecule has 0 unspecified atom stereocenters. The molecule has 0 radical (unpaired) electrons. The van der Waals surface area contributed by atoms with Crippen LogP contribution in [-0.2, 0) is 21.4 Å². The number of rotatable bonds is 4. The lowest BCUT2D eigenvalue weighted by Crippen LogP contribution is -2.40. The van der Waals surface area contributed by atoms with Crippen LogP contribution in [0.2, 0.25) is 5.02 Å². The predicted octanol–water partition coefficient (Wildman–Crippen LogP) is 3.66. The van der Waals surface area contributed by atoms with E-state index in [1.165, 1.54) is 27.8 Å². The third-order valence-electron chi connectivity index (χ3n) is 5.35. The van der Waals surface area contributed by atoms with Crippen molar-refractivity contribution in [2.45, 2.75) is 24.3 Å². The molecule has 4 rings (SSSR count). The zero-order valence-corrected chi connectivity index (χ0v) is 19.3. The Bertz CT molecular complexity index is 1380. The second kappa shape index (κ2) is 9.16. The molecule has 1 saturated heterocycles. The second-order valence-corrected chi connectivity index (χ2v) is 10.8. The van der Waals surface area contributed by atoms with Crippen LogP contribution in [0.4, 0.5) is 4.39 Å². The van der Waals surface area contributed by atoms with Crippen LogP contribution < -0.4 is 4.80 Å². The Kier molecular flexibility index (Phi) is 6.49. The molecule has 6 nitrogen and oxygen atoms in total. The molecule has 0 N–H and O–H groups in total. The van der Waals surface area contributed by atoms with Gasteiger partial charge in [0.25, 0.3) is 5.91 Å². The molecule has 0 spiro atoms. The smallest absolute Gasteiger partial charge is 0.251 e. The Morgan fingerprint density at radius 3 is 2.56 bits per heavy atom. The molecule has 1 aromatic heterocycles. The van der Waals surface area contributed by atoms with Crippen LogP contribution in [0.5, 0.6) is 0 Å². The minimum absolute atomic E-state index is 0.0348. The summed E-state index contributed by atoms with van der Waals surface area (Å²) in [6.07, 6.45) is 6.20. The van der Waals surface area contributed by atoms with E-state index >= 15 is 0 Å². The minimum Gasteiger partial charge on any atom is -0.305 e. The Hall–Kier alpha value is -2.51. The lowest BCUT2D eigenvalue weighted by Gasteiger charge is -2.29. The van der Waals surface area contributed by atoms with Gasteiger partial charge in [-0.25, -0.2) is 12.8 Å². The van der Waals surface area contributed by atoms with E-state index in [0.29, 0.717) is 22.7 Å². The summed E-state index contributed by atoms with van der Waals surface area (Å²) < 4.78 is 42.7. The fraction of sp³-hybridized carbons (Fsp3) is 0.273. The quantitative estimate of drug-likeness (QED) is 0.523. The molecule has 10 heteroatoms. The maximum absolute atomic E-state index is 13.1. The Morgan fingerprint density at radius 1 is 1.22 bits per heavy atom. The number of halogens is 2. The Labute approximate surface area is 194 Å². The van der Waals surface area contributed by atoms with E-state index in [2.05, 4.69) is 10.9 Å². The highest BCUT2D eigenvalue weighted by Gasteiger charge is 2.32. The van der Waals surface area contributed by atoms with Gasteiger partial charge in [-0.3, -0.25) is 4.79 Å². The lowest BCUT2D eigenvalue weighted by atomic mass is 9.98. The van der Waals surface area contributed by atoms with Gasteiger partial charge in [0, 0.05) is 24.0 Å². The van der Waals surface area contributed by atoms with Crippen LogP contribution in [0, 0.1) is 24.1 Å².